The van der Waals surface area contributed by atoms with Crippen molar-refractivity contribution < 1.29 is 8.42 Å². The van der Waals surface area contributed by atoms with Gasteiger partial charge in [-0.05, 0) is 67.7 Å². The van der Waals surface area contributed by atoms with Crippen molar-refractivity contribution in [1.29, 1.82) is 0 Å². The minimum absolute atomic E-state index is 0.408. The fourth-order valence-electron chi connectivity index (χ4n) is 5.03. The first-order valence-corrected chi connectivity index (χ1v) is 16.1. The molecule has 2 aromatic heterocycles. The van der Waals surface area contributed by atoms with Gasteiger partial charge in [0.1, 0.15) is 0 Å². The predicted octanol–water partition coefficient (Wildman–Crippen LogP) is 10.4. The Bertz CT molecular complexity index is 1960. The molecule has 0 bridgehead atoms. The zero-order chi connectivity index (χ0) is 28.0. The molecule has 0 radical (unpaired) electrons. The number of thiol groups is 1. The van der Waals surface area contributed by atoms with E-state index in [9.17, 15) is 8.42 Å². The first-order chi connectivity index (χ1) is 20.2. The molecule has 2 heterocycles. The highest BCUT2D eigenvalue weighted by molar-refractivity contribution is 7.73. The van der Waals surface area contributed by atoms with Gasteiger partial charge in [0.2, 0.25) is 0 Å². The van der Waals surface area contributed by atoms with E-state index in [2.05, 4.69) is 83.6 Å². The van der Waals surface area contributed by atoms with Gasteiger partial charge in [0.25, 0.3) is 0 Å². The highest BCUT2D eigenvalue weighted by Gasteiger charge is 2.15. The summed E-state index contributed by atoms with van der Waals surface area (Å²) in [6, 6.07) is 46.6. The van der Waals surface area contributed by atoms with Crippen LogP contribution in [0.25, 0.3) is 52.8 Å². The lowest BCUT2D eigenvalue weighted by molar-refractivity contribution is 0.616. The van der Waals surface area contributed by atoms with Gasteiger partial charge in [-0.25, -0.2) is 8.42 Å². The van der Waals surface area contributed by atoms with Crippen molar-refractivity contribution in [2.75, 3.05) is 0 Å². The van der Waals surface area contributed by atoms with Gasteiger partial charge in [0.15, 0.2) is 10.7 Å². The van der Waals surface area contributed by atoms with Gasteiger partial charge < -0.3 is 0 Å². The molecule has 8 rings (SSSR count). The zero-order valence-electron chi connectivity index (χ0n) is 22.0. The molecule has 0 amide bonds. The van der Waals surface area contributed by atoms with Crippen molar-refractivity contribution in [3.63, 3.8) is 0 Å². The number of hydrogen-bond acceptors (Lipinski definition) is 4. The fourth-order valence-corrected chi connectivity index (χ4v) is 7.39. The molecule has 5 heteroatoms. The van der Waals surface area contributed by atoms with Crippen LogP contribution in [0.5, 0.6) is 0 Å². The number of fused-ring (bicyclic) bond motifs is 4. The summed E-state index contributed by atoms with van der Waals surface area (Å²) in [6.45, 7) is 0. The molecular weight excluding hydrogens is 561 g/mol. The molecule has 0 saturated heterocycles. The summed E-state index contributed by atoms with van der Waals surface area (Å²) in [6.07, 6.45) is 0. The normalized spacial score (nSPS) is 10.9. The molecule has 6 aromatic carbocycles. The van der Waals surface area contributed by atoms with Gasteiger partial charge in [-0.15, -0.1) is 22.7 Å². The van der Waals surface area contributed by atoms with Crippen molar-refractivity contribution in [2.24, 2.45) is 0 Å². The monoisotopic (exact) mass is 586 g/mol. The summed E-state index contributed by atoms with van der Waals surface area (Å²) in [4.78, 5) is 0.408. The second kappa shape index (κ2) is 12.5. The molecule has 0 atom stereocenters. The number of benzene rings is 6. The van der Waals surface area contributed by atoms with E-state index >= 15 is 0 Å². The molecule has 0 aliphatic carbocycles. The average molecular weight is 587 g/mol. The number of thiophene rings is 2. The van der Waals surface area contributed by atoms with Gasteiger partial charge in [-0.3, -0.25) is 0 Å². The molecule has 0 aliphatic rings. The van der Waals surface area contributed by atoms with Crippen LogP contribution in [0.15, 0.2) is 155 Å². The van der Waals surface area contributed by atoms with Crippen LogP contribution in [0.4, 0.5) is 0 Å². The van der Waals surface area contributed by atoms with Crippen LogP contribution in [0.1, 0.15) is 0 Å². The van der Waals surface area contributed by atoms with Gasteiger partial charge in [0, 0.05) is 20.2 Å². The van der Waals surface area contributed by atoms with E-state index in [4.69, 9.17) is 0 Å². The minimum atomic E-state index is -2.68. The lowest BCUT2D eigenvalue weighted by Crippen LogP contribution is -1.91. The van der Waals surface area contributed by atoms with E-state index in [1.54, 1.807) is 22.7 Å². The first kappa shape index (κ1) is 26.9. The molecule has 0 saturated carbocycles. The quantitative estimate of drug-likeness (QED) is 0.161. The predicted molar refractivity (Wildman–Crippen MR) is 179 cm³/mol. The zero-order valence-corrected chi connectivity index (χ0v) is 24.5. The molecule has 0 unspecified atom stereocenters. The van der Waals surface area contributed by atoms with E-state index in [-0.39, 0.29) is 0 Å². The molecule has 0 aliphatic heterocycles. The topological polar surface area (TPSA) is 34.1 Å². The third-order valence-corrected chi connectivity index (χ3v) is 9.51. The maximum absolute atomic E-state index is 11.9. The highest BCUT2D eigenvalue weighted by atomic mass is 32.2. The van der Waals surface area contributed by atoms with Crippen LogP contribution in [0, 0.1) is 0 Å². The van der Waals surface area contributed by atoms with Crippen LogP contribution < -0.4 is 0 Å². The Kier molecular flexibility index (Phi) is 8.19. The van der Waals surface area contributed by atoms with Crippen molar-refractivity contribution in [3.05, 3.63) is 150 Å². The van der Waals surface area contributed by atoms with Crippen LogP contribution in [0.2, 0.25) is 0 Å². The number of rotatable bonds is 2. The molecule has 0 fully saturated rings. The molecule has 200 valence electrons. The summed E-state index contributed by atoms with van der Waals surface area (Å²) < 4.78 is 26.6. The Morgan fingerprint density at radius 2 is 0.829 bits per heavy atom. The molecule has 8 aromatic rings. The Morgan fingerprint density at radius 1 is 0.415 bits per heavy atom. The largest absolute Gasteiger partial charge is 0.227 e. The van der Waals surface area contributed by atoms with Gasteiger partial charge in [-0.1, -0.05) is 115 Å². The Labute approximate surface area is 248 Å². The second-order valence-electron chi connectivity index (χ2n) is 9.35. The van der Waals surface area contributed by atoms with Crippen molar-refractivity contribution in [2.45, 2.75) is 4.90 Å². The summed E-state index contributed by atoms with van der Waals surface area (Å²) in [7, 11) is -2.68. The van der Waals surface area contributed by atoms with Crippen LogP contribution in [-0.2, 0) is 10.7 Å². The van der Waals surface area contributed by atoms with Crippen LogP contribution in [-0.4, -0.2) is 8.42 Å². The lowest BCUT2D eigenvalue weighted by atomic mass is 9.92. The lowest BCUT2D eigenvalue weighted by Gasteiger charge is -2.14. The first-order valence-electron chi connectivity index (χ1n) is 13.2. The Hall–Kier alpha value is -4.29. The third kappa shape index (κ3) is 5.79. The van der Waals surface area contributed by atoms with Gasteiger partial charge in [0.05, 0.1) is 4.90 Å². The standard InChI is InChI=1S/C20H14O2S.2C8H6S/c21-23(22)20-17-12-6-4-10-15(17)19(14-8-2-1-3-9-14)16-11-5-7-13-18(16)20;2*1-2-4-8-7(3-1)5-6-9-8/h1-13,23H;2*1-6H. The molecule has 0 N–H and O–H groups in total. The maximum atomic E-state index is 11.9. The molecule has 41 heavy (non-hydrogen) atoms. The second-order valence-corrected chi connectivity index (χ2v) is 12.2. The number of hydrogen-bond donors (Lipinski definition) is 1. The van der Waals surface area contributed by atoms with Gasteiger partial charge >= 0.3 is 0 Å². The average Bonchev–Trinajstić information content (AvgIpc) is 3.71. The van der Waals surface area contributed by atoms with Crippen molar-refractivity contribution in [3.8, 4) is 11.1 Å². The van der Waals surface area contributed by atoms with Crippen molar-refractivity contribution >= 4 is 75.1 Å². The minimum Gasteiger partial charge on any atom is -0.227 e. The molecule has 0 spiro atoms. The SMILES string of the molecule is O=[SH](=O)c1c2ccccc2c(-c2ccccc2)c2ccccc12.c1ccc2sccc2c1.c1ccc2sccc2c1. The highest BCUT2D eigenvalue weighted by Crippen LogP contribution is 2.39. The van der Waals surface area contributed by atoms with Crippen LogP contribution >= 0.6 is 22.7 Å². The van der Waals surface area contributed by atoms with Crippen molar-refractivity contribution in [1.82, 2.24) is 0 Å². The maximum Gasteiger partial charge on any atom is 0.169 e. The fraction of sp³-hybridized carbons (Fsp3) is 0. The smallest absolute Gasteiger partial charge is 0.169 e. The summed E-state index contributed by atoms with van der Waals surface area (Å²) in [5.41, 5.74) is 2.17. The summed E-state index contributed by atoms with van der Waals surface area (Å²) in [5, 5.41) is 10.4. The summed E-state index contributed by atoms with van der Waals surface area (Å²) in [5.74, 6) is 0. The Balaban J connectivity index is 0.000000136. The van der Waals surface area contributed by atoms with E-state index < -0.39 is 10.7 Å². The van der Waals surface area contributed by atoms with E-state index in [0.29, 0.717) is 4.90 Å². The summed E-state index contributed by atoms with van der Waals surface area (Å²) >= 11 is 3.57. The van der Waals surface area contributed by atoms with E-state index in [1.807, 2.05) is 66.7 Å². The molecule has 2 nitrogen and oxygen atoms in total. The molecular formula is C36H26O2S3. The van der Waals surface area contributed by atoms with E-state index in [1.165, 1.54) is 20.2 Å². The Morgan fingerprint density at radius 3 is 1.29 bits per heavy atom. The van der Waals surface area contributed by atoms with Crippen LogP contribution in [0.3, 0.4) is 0 Å². The van der Waals surface area contributed by atoms with Gasteiger partial charge in [-0.2, -0.15) is 0 Å². The van der Waals surface area contributed by atoms with E-state index in [0.717, 1.165) is 32.7 Å². The third-order valence-electron chi connectivity index (χ3n) is 6.87.